The van der Waals surface area contributed by atoms with Crippen LogP contribution in [0.25, 0.3) is 11.4 Å². The first-order valence-electron chi connectivity index (χ1n) is 8.51. The molecule has 28 heavy (non-hydrogen) atoms. The standard InChI is InChI=1S/C19H16ClN5O3/c1-28-14-8-6-13(7-9-14)21-18(27)15-10-16(26)22-19-23-17(24-25(15)19)11-2-4-12(20)5-3-11/h2-9,15H,10H2,1H3,(H,21,27)(H,22,23,24,26)/t15-/m1/s1. The second kappa shape index (κ2) is 7.32. The number of nitrogens with zero attached hydrogens (tertiary/aromatic N) is 3. The average Bonchev–Trinajstić information content (AvgIpc) is 3.12. The van der Waals surface area contributed by atoms with Crippen molar-refractivity contribution in [2.24, 2.45) is 0 Å². The van der Waals surface area contributed by atoms with Crippen molar-refractivity contribution in [3.05, 3.63) is 53.6 Å². The topological polar surface area (TPSA) is 98.1 Å². The number of carbonyl (C=O) groups excluding carboxylic acids is 2. The highest BCUT2D eigenvalue weighted by molar-refractivity contribution is 6.30. The zero-order valence-electron chi connectivity index (χ0n) is 14.8. The number of benzene rings is 2. The van der Waals surface area contributed by atoms with Gasteiger partial charge in [-0.1, -0.05) is 11.6 Å². The number of ether oxygens (including phenoxy) is 1. The third-order valence-corrected chi connectivity index (χ3v) is 4.57. The van der Waals surface area contributed by atoms with Crippen molar-refractivity contribution in [1.82, 2.24) is 14.8 Å². The Hall–Kier alpha value is -3.39. The van der Waals surface area contributed by atoms with Gasteiger partial charge in [0.05, 0.1) is 13.5 Å². The zero-order chi connectivity index (χ0) is 19.7. The Balaban J connectivity index is 1.61. The Labute approximate surface area is 165 Å². The van der Waals surface area contributed by atoms with Crippen LogP contribution in [0.2, 0.25) is 5.02 Å². The lowest BCUT2D eigenvalue weighted by molar-refractivity contribution is -0.125. The first kappa shape index (κ1) is 18.0. The van der Waals surface area contributed by atoms with Crippen LogP contribution < -0.4 is 15.4 Å². The summed E-state index contributed by atoms with van der Waals surface area (Å²) in [6.45, 7) is 0. The van der Waals surface area contributed by atoms with E-state index in [-0.39, 0.29) is 24.2 Å². The Morgan fingerprint density at radius 3 is 2.61 bits per heavy atom. The summed E-state index contributed by atoms with van der Waals surface area (Å²) in [6.07, 6.45) is -0.0294. The maximum atomic E-state index is 12.8. The van der Waals surface area contributed by atoms with Crippen LogP contribution in [0.15, 0.2) is 48.5 Å². The molecule has 2 heterocycles. The number of carbonyl (C=O) groups is 2. The molecule has 2 amide bonds. The van der Waals surface area contributed by atoms with Crippen molar-refractivity contribution in [3.63, 3.8) is 0 Å². The molecule has 9 heteroatoms. The fourth-order valence-corrected chi connectivity index (χ4v) is 3.01. The molecule has 0 bridgehead atoms. The van der Waals surface area contributed by atoms with Gasteiger partial charge in [0, 0.05) is 16.3 Å². The fraction of sp³-hybridized carbons (Fsp3) is 0.158. The predicted octanol–water partition coefficient (Wildman–Crippen LogP) is 3.13. The number of aromatic nitrogens is 3. The van der Waals surface area contributed by atoms with Crippen LogP contribution in [0.1, 0.15) is 12.5 Å². The summed E-state index contributed by atoms with van der Waals surface area (Å²) in [5.41, 5.74) is 1.33. The molecular weight excluding hydrogens is 382 g/mol. The Morgan fingerprint density at radius 1 is 1.21 bits per heavy atom. The molecule has 0 aliphatic carbocycles. The molecule has 1 aliphatic rings. The fourth-order valence-electron chi connectivity index (χ4n) is 2.89. The van der Waals surface area contributed by atoms with Crippen LogP contribution in [0, 0.1) is 0 Å². The van der Waals surface area contributed by atoms with E-state index in [0.717, 1.165) is 5.56 Å². The Bertz CT molecular complexity index is 1030. The Kier molecular flexibility index (Phi) is 4.70. The molecule has 142 valence electrons. The second-order valence-electron chi connectivity index (χ2n) is 6.20. The van der Waals surface area contributed by atoms with E-state index >= 15 is 0 Å². The zero-order valence-corrected chi connectivity index (χ0v) is 15.6. The lowest BCUT2D eigenvalue weighted by Gasteiger charge is -2.22. The van der Waals surface area contributed by atoms with E-state index < -0.39 is 6.04 Å². The van der Waals surface area contributed by atoms with Gasteiger partial charge >= 0.3 is 0 Å². The number of fused-ring (bicyclic) bond motifs is 1. The van der Waals surface area contributed by atoms with E-state index in [1.807, 2.05) is 0 Å². The van der Waals surface area contributed by atoms with Crippen molar-refractivity contribution in [3.8, 4) is 17.1 Å². The number of amides is 2. The van der Waals surface area contributed by atoms with E-state index in [0.29, 0.717) is 22.3 Å². The minimum Gasteiger partial charge on any atom is -0.497 e. The first-order chi connectivity index (χ1) is 13.5. The number of methoxy groups -OCH3 is 1. The van der Waals surface area contributed by atoms with E-state index in [2.05, 4.69) is 20.7 Å². The predicted molar refractivity (Wildman–Crippen MR) is 104 cm³/mol. The maximum absolute atomic E-state index is 12.8. The number of rotatable bonds is 4. The van der Waals surface area contributed by atoms with Crippen molar-refractivity contribution >= 4 is 35.1 Å². The van der Waals surface area contributed by atoms with Crippen LogP contribution in [0.5, 0.6) is 5.75 Å². The number of halogens is 1. The average molecular weight is 398 g/mol. The highest BCUT2D eigenvalue weighted by atomic mass is 35.5. The van der Waals surface area contributed by atoms with Gasteiger partial charge in [-0.15, -0.1) is 5.10 Å². The number of nitrogens with one attached hydrogen (secondary N) is 2. The molecule has 0 saturated carbocycles. The maximum Gasteiger partial charge on any atom is 0.249 e. The smallest absolute Gasteiger partial charge is 0.249 e. The van der Waals surface area contributed by atoms with Crippen molar-refractivity contribution in [2.45, 2.75) is 12.5 Å². The van der Waals surface area contributed by atoms with Gasteiger partial charge in [0.25, 0.3) is 0 Å². The van der Waals surface area contributed by atoms with E-state index in [1.54, 1.807) is 55.6 Å². The molecule has 4 rings (SSSR count). The number of hydrogen-bond acceptors (Lipinski definition) is 5. The van der Waals surface area contributed by atoms with Gasteiger partial charge in [-0.25, -0.2) is 4.68 Å². The van der Waals surface area contributed by atoms with Gasteiger partial charge in [0.15, 0.2) is 5.82 Å². The number of hydrogen-bond donors (Lipinski definition) is 2. The number of anilines is 2. The van der Waals surface area contributed by atoms with E-state index in [9.17, 15) is 9.59 Å². The largest absolute Gasteiger partial charge is 0.497 e. The van der Waals surface area contributed by atoms with E-state index in [1.165, 1.54) is 4.68 Å². The molecule has 0 unspecified atom stereocenters. The molecule has 0 fully saturated rings. The molecule has 2 N–H and O–H groups in total. The molecule has 0 spiro atoms. The van der Waals surface area contributed by atoms with Crippen molar-refractivity contribution in [2.75, 3.05) is 17.7 Å². The normalized spacial score (nSPS) is 15.5. The molecule has 2 aromatic carbocycles. The molecule has 1 aliphatic heterocycles. The van der Waals surface area contributed by atoms with Crippen LogP contribution in [-0.4, -0.2) is 33.7 Å². The minimum absolute atomic E-state index is 0.0294. The van der Waals surface area contributed by atoms with Crippen LogP contribution >= 0.6 is 11.6 Å². The third kappa shape index (κ3) is 3.54. The second-order valence-corrected chi connectivity index (χ2v) is 6.63. The van der Waals surface area contributed by atoms with E-state index in [4.69, 9.17) is 16.3 Å². The third-order valence-electron chi connectivity index (χ3n) is 4.32. The summed E-state index contributed by atoms with van der Waals surface area (Å²) in [5.74, 6) is 0.666. The van der Waals surface area contributed by atoms with Gasteiger partial charge in [-0.3, -0.25) is 14.9 Å². The molecule has 0 radical (unpaired) electrons. The summed E-state index contributed by atoms with van der Waals surface area (Å²) in [4.78, 5) is 29.2. The lowest BCUT2D eigenvalue weighted by atomic mass is 10.1. The minimum atomic E-state index is -0.806. The highest BCUT2D eigenvalue weighted by Crippen LogP contribution is 2.28. The SMILES string of the molecule is COc1ccc(NC(=O)[C@H]2CC(=O)Nc3nc(-c4ccc(Cl)cc4)nn32)cc1. The van der Waals surface area contributed by atoms with Gasteiger partial charge < -0.3 is 10.1 Å². The molecular formula is C19H16ClN5O3. The quantitative estimate of drug-likeness (QED) is 0.704. The van der Waals surface area contributed by atoms with Crippen LogP contribution in [0.3, 0.4) is 0 Å². The van der Waals surface area contributed by atoms with Crippen LogP contribution in [-0.2, 0) is 9.59 Å². The first-order valence-corrected chi connectivity index (χ1v) is 8.88. The lowest BCUT2D eigenvalue weighted by Crippen LogP contribution is -2.36. The molecule has 1 aromatic heterocycles. The molecule has 0 saturated heterocycles. The summed E-state index contributed by atoms with van der Waals surface area (Å²) < 4.78 is 6.54. The van der Waals surface area contributed by atoms with Gasteiger partial charge in [-0.05, 0) is 48.5 Å². The molecule has 1 atom stereocenters. The Morgan fingerprint density at radius 2 is 1.93 bits per heavy atom. The summed E-state index contributed by atoms with van der Waals surface area (Å²) in [7, 11) is 1.57. The van der Waals surface area contributed by atoms with Gasteiger partial charge in [-0.2, -0.15) is 4.98 Å². The highest BCUT2D eigenvalue weighted by Gasteiger charge is 2.33. The van der Waals surface area contributed by atoms with Crippen LogP contribution in [0.4, 0.5) is 11.6 Å². The molecule has 8 nitrogen and oxygen atoms in total. The van der Waals surface area contributed by atoms with Gasteiger partial charge in [0.1, 0.15) is 11.8 Å². The summed E-state index contributed by atoms with van der Waals surface area (Å²) in [5, 5.41) is 10.5. The summed E-state index contributed by atoms with van der Waals surface area (Å²) in [6, 6.07) is 13.1. The molecule has 3 aromatic rings. The summed E-state index contributed by atoms with van der Waals surface area (Å²) >= 11 is 5.92. The van der Waals surface area contributed by atoms with Crippen molar-refractivity contribution < 1.29 is 14.3 Å². The monoisotopic (exact) mass is 397 g/mol. The van der Waals surface area contributed by atoms with Gasteiger partial charge in [0.2, 0.25) is 17.8 Å². The van der Waals surface area contributed by atoms with Crippen molar-refractivity contribution in [1.29, 1.82) is 0 Å².